The third-order valence-electron chi connectivity index (χ3n) is 3.34. The Balaban J connectivity index is 1.86. The molecular formula is C19H20ClN3O4. The van der Waals surface area contributed by atoms with Crippen molar-refractivity contribution in [2.75, 3.05) is 19.0 Å². The van der Waals surface area contributed by atoms with Crippen LogP contribution in [0.2, 0.25) is 5.02 Å². The van der Waals surface area contributed by atoms with E-state index < -0.39 is 11.8 Å². The van der Waals surface area contributed by atoms with Gasteiger partial charge in [0.2, 0.25) is 11.8 Å². The van der Waals surface area contributed by atoms with Crippen LogP contribution >= 0.6 is 11.6 Å². The van der Waals surface area contributed by atoms with E-state index in [4.69, 9.17) is 21.1 Å². The minimum atomic E-state index is -0.531. The molecule has 0 radical (unpaired) electrons. The number of hydrazone groups is 1. The zero-order valence-electron chi connectivity index (χ0n) is 15.0. The number of ether oxygens (including phenoxy) is 2. The maximum atomic E-state index is 11.8. The number of amides is 2. The van der Waals surface area contributed by atoms with Crippen molar-refractivity contribution in [3.8, 4) is 11.5 Å². The lowest BCUT2D eigenvalue weighted by Crippen LogP contribution is -2.24. The number of anilines is 1. The number of hydrogen-bond donors (Lipinski definition) is 2. The van der Waals surface area contributed by atoms with Crippen molar-refractivity contribution < 1.29 is 19.1 Å². The van der Waals surface area contributed by atoms with Crippen LogP contribution in [0.4, 0.5) is 5.69 Å². The lowest BCUT2D eigenvalue weighted by molar-refractivity contribution is -0.126. The minimum absolute atomic E-state index is 0.354. The number of benzene rings is 2. The Hall–Kier alpha value is -3.06. The number of rotatable bonds is 8. The third-order valence-corrected chi connectivity index (χ3v) is 3.59. The number of methoxy groups -OCH3 is 1. The Kier molecular flexibility index (Phi) is 7.63. The van der Waals surface area contributed by atoms with Gasteiger partial charge in [0.1, 0.15) is 6.42 Å². The molecule has 0 bridgehead atoms. The number of halogens is 1. The predicted molar refractivity (Wildman–Crippen MR) is 105 cm³/mol. The zero-order chi connectivity index (χ0) is 19.6. The fourth-order valence-corrected chi connectivity index (χ4v) is 2.27. The van der Waals surface area contributed by atoms with Gasteiger partial charge in [-0.2, -0.15) is 5.10 Å². The quantitative estimate of drug-likeness (QED) is 0.412. The van der Waals surface area contributed by atoms with Gasteiger partial charge in [-0.1, -0.05) is 11.6 Å². The van der Waals surface area contributed by atoms with E-state index in [1.165, 1.54) is 6.21 Å². The van der Waals surface area contributed by atoms with Crippen LogP contribution in [-0.2, 0) is 9.59 Å². The third kappa shape index (κ3) is 6.63. The molecule has 0 aliphatic heterocycles. The molecule has 142 valence electrons. The smallest absolute Gasteiger partial charge is 0.249 e. The standard InChI is InChI=1S/C19H20ClN3O4/c1-3-27-17-10-13(4-9-16(17)26-2)12-21-23-19(25)11-18(24)22-15-7-5-14(20)6-8-15/h4-10,12H,3,11H2,1-2H3,(H,22,24)(H,23,25). The fraction of sp³-hybridized carbons (Fsp3) is 0.211. The van der Waals surface area contributed by atoms with Gasteiger partial charge in [-0.05, 0) is 55.0 Å². The highest BCUT2D eigenvalue weighted by molar-refractivity contribution is 6.30. The van der Waals surface area contributed by atoms with Crippen molar-refractivity contribution in [2.45, 2.75) is 13.3 Å². The number of hydrogen-bond acceptors (Lipinski definition) is 5. The summed E-state index contributed by atoms with van der Waals surface area (Å²) in [5.74, 6) is 0.207. The predicted octanol–water partition coefficient (Wildman–Crippen LogP) is 3.23. The summed E-state index contributed by atoms with van der Waals surface area (Å²) in [7, 11) is 1.56. The molecule has 2 N–H and O–H groups in total. The Morgan fingerprint density at radius 3 is 2.52 bits per heavy atom. The van der Waals surface area contributed by atoms with Gasteiger partial charge in [0.25, 0.3) is 0 Å². The average Bonchev–Trinajstić information content (AvgIpc) is 2.64. The Morgan fingerprint density at radius 1 is 1.11 bits per heavy atom. The molecular weight excluding hydrogens is 370 g/mol. The fourth-order valence-electron chi connectivity index (χ4n) is 2.14. The highest BCUT2D eigenvalue weighted by atomic mass is 35.5. The summed E-state index contributed by atoms with van der Waals surface area (Å²) in [6, 6.07) is 11.8. The van der Waals surface area contributed by atoms with Crippen LogP contribution in [0, 0.1) is 0 Å². The molecule has 2 rings (SSSR count). The lowest BCUT2D eigenvalue weighted by atomic mass is 10.2. The van der Waals surface area contributed by atoms with Crippen molar-refractivity contribution >= 4 is 35.3 Å². The number of carbonyl (C=O) groups excluding carboxylic acids is 2. The van der Waals surface area contributed by atoms with Crippen LogP contribution in [0.1, 0.15) is 18.9 Å². The van der Waals surface area contributed by atoms with Crippen LogP contribution in [0.25, 0.3) is 0 Å². The van der Waals surface area contributed by atoms with E-state index >= 15 is 0 Å². The van der Waals surface area contributed by atoms with Gasteiger partial charge in [0.05, 0.1) is 19.9 Å². The summed E-state index contributed by atoms with van der Waals surface area (Å²) in [5, 5.41) is 7.01. The maximum absolute atomic E-state index is 11.8. The first-order chi connectivity index (χ1) is 13.0. The van der Waals surface area contributed by atoms with Crippen LogP contribution < -0.4 is 20.2 Å². The molecule has 2 aromatic carbocycles. The summed E-state index contributed by atoms with van der Waals surface area (Å²) in [4.78, 5) is 23.6. The van der Waals surface area contributed by atoms with E-state index in [2.05, 4.69) is 15.8 Å². The SMILES string of the molecule is CCOc1cc(C=NNC(=O)CC(=O)Nc2ccc(Cl)cc2)ccc1OC. The number of nitrogens with zero attached hydrogens (tertiary/aromatic N) is 1. The van der Waals surface area contributed by atoms with Gasteiger partial charge in [-0.25, -0.2) is 5.43 Å². The Labute approximate surface area is 162 Å². The molecule has 0 fully saturated rings. The molecule has 8 heteroatoms. The summed E-state index contributed by atoms with van der Waals surface area (Å²) >= 11 is 5.78. The molecule has 0 atom stereocenters. The molecule has 27 heavy (non-hydrogen) atoms. The van der Waals surface area contributed by atoms with Gasteiger partial charge >= 0.3 is 0 Å². The second-order valence-corrected chi connectivity index (χ2v) is 5.80. The summed E-state index contributed by atoms with van der Waals surface area (Å²) in [6.07, 6.45) is 1.10. The monoisotopic (exact) mass is 389 g/mol. The van der Waals surface area contributed by atoms with Gasteiger partial charge in [-0.3, -0.25) is 9.59 Å². The first-order valence-corrected chi connectivity index (χ1v) is 8.57. The normalized spacial score (nSPS) is 10.5. The largest absolute Gasteiger partial charge is 0.493 e. The highest BCUT2D eigenvalue weighted by Crippen LogP contribution is 2.27. The maximum Gasteiger partial charge on any atom is 0.249 e. The Morgan fingerprint density at radius 2 is 1.85 bits per heavy atom. The number of carbonyl (C=O) groups is 2. The first kappa shape index (κ1) is 20.3. The van der Waals surface area contributed by atoms with Gasteiger partial charge in [0, 0.05) is 10.7 Å². The van der Waals surface area contributed by atoms with Gasteiger partial charge < -0.3 is 14.8 Å². The van der Waals surface area contributed by atoms with Crippen molar-refractivity contribution in [3.05, 3.63) is 53.1 Å². The van der Waals surface area contributed by atoms with E-state index in [1.807, 2.05) is 6.92 Å². The molecule has 0 saturated carbocycles. The van der Waals surface area contributed by atoms with E-state index in [9.17, 15) is 9.59 Å². The van der Waals surface area contributed by atoms with Crippen LogP contribution in [0.5, 0.6) is 11.5 Å². The molecule has 7 nitrogen and oxygen atoms in total. The summed E-state index contributed by atoms with van der Waals surface area (Å²) in [5.41, 5.74) is 3.58. The molecule has 0 aliphatic carbocycles. The molecule has 2 aromatic rings. The van der Waals surface area contributed by atoms with Crippen LogP contribution in [0.3, 0.4) is 0 Å². The molecule has 0 heterocycles. The Bertz CT molecular complexity index is 822. The average molecular weight is 390 g/mol. The van der Waals surface area contributed by atoms with Crippen molar-refractivity contribution in [1.82, 2.24) is 5.43 Å². The van der Waals surface area contributed by atoms with E-state index in [0.29, 0.717) is 34.4 Å². The zero-order valence-corrected chi connectivity index (χ0v) is 15.7. The molecule has 2 amide bonds. The van der Waals surface area contributed by atoms with Crippen molar-refractivity contribution in [3.63, 3.8) is 0 Å². The molecule has 0 spiro atoms. The van der Waals surface area contributed by atoms with Crippen molar-refractivity contribution in [1.29, 1.82) is 0 Å². The molecule has 0 aromatic heterocycles. The highest BCUT2D eigenvalue weighted by Gasteiger charge is 2.09. The topological polar surface area (TPSA) is 89.0 Å². The summed E-state index contributed by atoms with van der Waals surface area (Å²) in [6.45, 7) is 2.37. The molecule has 0 unspecified atom stereocenters. The van der Waals surface area contributed by atoms with Gasteiger partial charge in [-0.15, -0.1) is 0 Å². The van der Waals surface area contributed by atoms with Crippen molar-refractivity contribution in [2.24, 2.45) is 5.10 Å². The van der Waals surface area contributed by atoms with Crippen LogP contribution in [0.15, 0.2) is 47.6 Å². The van der Waals surface area contributed by atoms with Crippen LogP contribution in [-0.4, -0.2) is 31.7 Å². The van der Waals surface area contributed by atoms with E-state index in [-0.39, 0.29) is 6.42 Å². The second kappa shape index (κ2) is 10.2. The molecule has 0 aliphatic rings. The first-order valence-electron chi connectivity index (χ1n) is 8.20. The van der Waals surface area contributed by atoms with E-state index in [0.717, 1.165) is 0 Å². The van der Waals surface area contributed by atoms with Gasteiger partial charge in [0.15, 0.2) is 11.5 Å². The number of nitrogens with one attached hydrogen (secondary N) is 2. The molecule has 0 saturated heterocycles. The van der Waals surface area contributed by atoms with E-state index in [1.54, 1.807) is 49.6 Å². The lowest BCUT2D eigenvalue weighted by Gasteiger charge is -2.09. The summed E-state index contributed by atoms with van der Waals surface area (Å²) < 4.78 is 10.7. The second-order valence-electron chi connectivity index (χ2n) is 5.37. The minimum Gasteiger partial charge on any atom is -0.493 e.